The first-order valence-corrected chi connectivity index (χ1v) is 8.82. The molecule has 1 saturated carbocycles. The Hall–Kier alpha value is -0.200. The van der Waals surface area contributed by atoms with E-state index in [4.69, 9.17) is 24.0 Å². The number of hydrogen-bond acceptors (Lipinski definition) is 5. The molecule has 0 aromatic rings. The van der Waals surface area contributed by atoms with Crippen molar-refractivity contribution in [2.45, 2.75) is 77.3 Å². The minimum absolute atomic E-state index is 0.216. The van der Waals surface area contributed by atoms with E-state index in [2.05, 4.69) is 13.8 Å². The Balaban J connectivity index is 1.75. The van der Waals surface area contributed by atoms with E-state index in [1.54, 1.807) is 0 Å². The van der Waals surface area contributed by atoms with Crippen LogP contribution in [0, 0.1) is 23.7 Å². The van der Waals surface area contributed by atoms with Gasteiger partial charge in [-0.15, -0.1) is 0 Å². The largest absolute Gasteiger partial charge is 0.353 e. The first-order valence-electron chi connectivity index (χ1n) is 8.82. The van der Waals surface area contributed by atoms with Crippen molar-refractivity contribution < 1.29 is 24.0 Å². The summed E-state index contributed by atoms with van der Waals surface area (Å²) in [5, 5.41) is 0. The molecule has 4 saturated heterocycles. The lowest BCUT2D eigenvalue weighted by Crippen LogP contribution is -2.70. The Morgan fingerprint density at radius 1 is 1.09 bits per heavy atom. The van der Waals surface area contributed by atoms with Gasteiger partial charge in [0.25, 0.3) is 0 Å². The predicted molar refractivity (Wildman–Crippen MR) is 78.5 cm³/mol. The van der Waals surface area contributed by atoms with Crippen LogP contribution >= 0.6 is 0 Å². The fourth-order valence-corrected chi connectivity index (χ4v) is 5.23. The maximum Gasteiger partial charge on any atom is 0.201 e. The standard InChI is InChI=1S/C17H28O5/c1-5-18-14-11(3)13-7-6-10(2)12-8-9-16(4)20-15(19-14)17(12,13)22-21-16/h10-15H,5-9H2,1-4H3/t10-,11-,12-,13+,14-,15-,16-,17-/m1/s1. The van der Waals surface area contributed by atoms with E-state index in [0.717, 1.165) is 19.3 Å². The van der Waals surface area contributed by atoms with E-state index in [-0.39, 0.29) is 18.5 Å². The molecule has 5 nitrogen and oxygen atoms in total. The predicted octanol–water partition coefficient (Wildman–Crippen LogP) is 3.23. The molecule has 0 radical (unpaired) electrons. The quantitative estimate of drug-likeness (QED) is 0.733. The second-order valence-electron chi connectivity index (χ2n) is 7.73. The number of rotatable bonds is 2. The smallest absolute Gasteiger partial charge is 0.201 e. The molecular formula is C17H28O5. The molecule has 126 valence electrons. The summed E-state index contributed by atoms with van der Waals surface area (Å²) in [6.45, 7) is 9.15. The van der Waals surface area contributed by atoms with Crippen molar-refractivity contribution in [3.8, 4) is 0 Å². The number of ether oxygens (including phenoxy) is 3. The third kappa shape index (κ3) is 1.96. The summed E-state index contributed by atoms with van der Waals surface area (Å²) in [7, 11) is 0. The highest BCUT2D eigenvalue weighted by Gasteiger charge is 2.69. The topological polar surface area (TPSA) is 46.2 Å². The fourth-order valence-electron chi connectivity index (χ4n) is 5.23. The van der Waals surface area contributed by atoms with Crippen molar-refractivity contribution in [1.29, 1.82) is 0 Å². The second-order valence-corrected chi connectivity index (χ2v) is 7.73. The second kappa shape index (κ2) is 5.15. The van der Waals surface area contributed by atoms with E-state index < -0.39 is 11.4 Å². The molecule has 0 amide bonds. The zero-order chi connectivity index (χ0) is 15.5. The molecule has 2 bridgehead atoms. The summed E-state index contributed by atoms with van der Waals surface area (Å²) in [5.41, 5.74) is -0.472. The van der Waals surface area contributed by atoms with Crippen LogP contribution in [0.25, 0.3) is 0 Å². The monoisotopic (exact) mass is 312 g/mol. The molecule has 4 aliphatic heterocycles. The van der Waals surface area contributed by atoms with Gasteiger partial charge in [0.15, 0.2) is 18.2 Å². The third-order valence-corrected chi connectivity index (χ3v) is 6.43. The van der Waals surface area contributed by atoms with E-state index in [9.17, 15) is 0 Å². The molecule has 5 fully saturated rings. The Labute approximate surface area is 132 Å². The van der Waals surface area contributed by atoms with Gasteiger partial charge >= 0.3 is 0 Å². The van der Waals surface area contributed by atoms with Crippen molar-refractivity contribution in [1.82, 2.24) is 0 Å². The lowest BCUT2D eigenvalue weighted by molar-refractivity contribution is -0.577. The van der Waals surface area contributed by atoms with Crippen molar-refractivity contribution >= 4 is 0 Å². The third-order valence-electron chi connectivity index (χ3n) is 6.43. The van der Waals surface area contributed by atoms with Crippen molar-refractivity contribution in [3.63, 3.8) is 0 Å². The van der Waals surface area contributed by atoms with Crippen LogP contribution in [-0.4, -0.2) is 30.6 Å². The normalized spacial score (nSPS) is 57.3. The molecule has 1 spiro atoms. The van der Waals surface area contributed by atoms with Crippen LogP contribution < -0.4 is 0 Å². The SMILES string of the molecule is CCO[C@@H]1O[C@@H]2O[C@@]3(C)CC[C@@H]4[C@H](C)CC[C@@H]([C@H]1C)[C@@]24OO3. The Kier molecular flexibility index (Phi) is 3.59. The van der Waals surface area contributed by atoms with Gasteiger partial charge in [0.05, 0.1) is 0 Å². The maximum atomic E-state index is 6.25. The van der Waals surface area contributed by atoms with Crippen LogP contribution in [-0.2, 0) is 24.0 Å². The van der Waals surface area contributed by atoms with Crippen LogP contribution in [0.2, 0.25) is 0 Å². The van der Waals surface area contributed by atoms with Gasteiger partial charge < -0.3 is 14.2 Å². The molecule has 8 atom stereocenters. The van der Waals surface area contributed by atoms with E-state index in [1.165, 1.54) is 6.42 Å². The van der Waals surface area contributed by atoms with Crippen LogP contribution in [0.1, 0.15) is 53.4 Å². The zero-order valence-corrected chi connectivity index (χ0v) is 14.0. The highest BCUT2D eigenvalue weighted by Crippen LogP contribution is 2.60. The van der Waals surface area contributed by atoms with Gasteiger partial charge in [-0.1, -0.05) is 13.8 Å². The molecule has 0 unspecified atom stereocenters. The molecule has 5 aliphatic rings. The molecule has 0 N–H and O–H groups in total. The fraction of sp³-hybridized carbons (Fsp3) is 1.00. The highest BCUT2D eigenvalue weighted by molar-refractivity contribution is 5.09. The molecule has 0 aromatic carbocycles. The van der Waals surface area contributed by atoms with Gasteiger partial charge in [0.1, 0.15) is 0 Å². The molecule has 4 heterocycles. The van der Waals surface area contributed by atoms with Gasteiger partial charge in [0.2, 0.25) is 5.79 Å². The van der Waals surface area contributed by atoms with E-state index in [0.29, 0.717) is 24.4 Å². The van der Waals surface area contributed by atoms with Crippen LogP contribution in [0.4, 0.5) is 0 Å². The van der Waals surface area contributed by atoms with Crippen LogP contribution in [0.5, 0.6) is 0 Å². The Morgan fingerprint density at radius 3 is 2.68 bits per heavy atom. The molecular weight excluding hydrogens is 284 g/mol. The molecule has 0 aromatic heterocycles. The Bertz CT molecular complexity index is 443. The molecule has 1 aliphatic carbocycles. The minimum Gasteiger partial charge on any atom is -0.353 e. The van der Waals surface area contributed by atoms with Crippen molar-refractivity contribution in [2.75, 3.05) is 6.61 Å². The minimum atomic E-state index is -0.700. The molecule has 5 rings (SSSR count). The van der Waals surface area contributed by atoms with Crippen LogP contribution in [0.3, 0.4) is 0 Å². The number of hydrogen-bond donors (Lipinski definition) is 0. The number of fused-ring (bicyclic) bond motifs is 2. The van der Waals surface area contributed by atoms with Gasteiger partial charge in [-0.25, -0.2) is 9.78 Å². The summed E-state index contributed by atoms with van der Waals surface area (Å²) in [4.78, 5) is 11.9. The van der Waals surface area contributed by atoms with Gasteiger partial charge in [-0.05, 0) is 44.9 Å². The van der Waals surface area contributed by atoms with Crippen LogP contribution in [0.15, 0.2) is 0 Å². The van der Waals surface area contributed by atoms with E-state index >= 15 is 0 Å². The lowest BCUT2D eigenvalue weighted by Gasteiger charge is -2.60. The van der Waals surface area contributed by atoms with Crippen molar-refractivity contribution in [3.05, 3.63) is 0 Å². The van der Waals surface area contributed by atoms with Gasteiger partial charge in [-0.3, -0.25) is 0 Å². The summed E-state index contributed by atoms with van der Waals surface area (Å²) >= 11 is 0. The lowest BCUT2D eigenvalue weighted by atomic mass is 9.58. The average Bonchev–Trinajstić information content (AvgIpc) is 2.71. The van der Waals surface area contributed by atoms with Crippen molar-refractivity contribution in [2.24, 2.45) is 23.7 Å². The summed E-state index contributed by atoms with van der Waals surface area (Å²) in [5.74, 6) is 0.957. The van der Waals surface area contributed by atoms with E-state index in [1.807, 2.05) is 13.8 Å². The molecule has 5 heteroatoms. The zero-order valence-electron chi connectivity index (χ0n) is 14.0. The van der Waals surface area contributed by atoms with Gasteiger partial charge in [-0.2, -0.15) is 0 Å². The summed E-state index contributed by atoms with van der Waals surface area (Å²) in [6, 6.07) is 0. The highest BCUT2D eigenvalue weighted by atomic mass is 17.3. The van der Waals surface area contributed by atoms with Gasteiger partial charge in [0, 0.05) is 24.9 Å². The molecule has 22 heavy (non-hydrogen) atoms. The summed E-state index contributed by atoms with van der Waals surface area (Å²) in [6.07, 6.45) is 3.66. The first-order chi connectivity index (χ1) is 10.5. The Morgan fingerprint density at radius 2 is 1.91 bits per heavy atom. The first kappa shape index (κ1) is 15.3. The maximum absolute atomic E-state index is 6.25. The summed E-state index contributed by atoms with van der Waals surface area (Å²) < 4.78 is 18.3. The average molecular weight is 312 g/mol.